The Balaban J connectivity index is 2.23. The van der Waals surface area contributed by atoms with Crippen molar-refractivity contribution >= 4 is 11.0 Å². The zero-order valence-electron chi connectivity index (χ0n) is 7.40. The molecule has 1 N–H and O–H groups in total. The van der Waals surface area contributed by atoms with Crippen LogP contribution in [0.25, 0.3) is 22.2 Å². The molecule has 2 aromatic heterocycles. The maximum Gasteiger partial charge on any atom is 0.133 e. The summed E-state index contributed by atoms with van der Waals surface area (Å²) in [5.74, 6) is 0. The van der Waals surface area contributed by atoms with E-state index in [1.54, 1.807) is 12.5 Å². The highest BCUT2D eigenvalue weighted by molar-refractivity contribution is 5.82. The monoisotopic (exact) mass is 184 g/mol. The van der Waals surface area contributed by atoms with Crippen LogP contribution in [-0.4, -0.2) is 10.2 Å². The third-order valence-electron chi connectivity index (χ3n) is 2.26. The molecular weight excluding hydrogens is 176 g/mol. The number of H-pyrrole nitrogens is 1. The van der Waals surface area contributed by atoms with Gasteiger partial charge in [0.1, 0.15) is 5.58 Å². The number of hydrogen-bond acceptors (Lipinski definition) is 2. The molecule has 0 aliphatic rings. The zero-order valence-corrected chi connectivity index (χ0v) is 7.40. The second kappa shape index (κ2) is 2.73. The lowest BCUT2D eigenvalue weighted by Crippen LogP contribution is -1.76. The molecule has 14 heavy (non-hydrogen) atoms. The third-order valence-corrected chi connectivity index (χ3v) is 2.26. The van der Waals surface area contributed by atoms with Crippen LogP contribution in [0.4, 0.5) is 0 Å². The molecule has 2 heterocycles. The van der Waals surface area contributed by atoms with E-state index in [4.69, 9.17) is 4.42 Å². The van der Waals surface area contributed by atoms with Gasteiger partial charge >= 0.3 is 0 Å². The number of benzene rings is 1. The molecule has 0 aliphatic carbocycles. The van der Waals surface area contributed by atoms with Crippen LogP contribution in [0.15, 0.2) is 47.2 Å². The van der Waals surface area contributed by atoms with E-state index < -0.39 is 0 Å². The predicted molar refractivity (Wildman–Crippen MR) is 53.8 cm³/mol. The predicted octanol–water partition coefficient (Wildman–Crippen LogP) is 2.82. The average Bonchev–Trinajstić information content (AvgIpc) is 2.88. The van der Waals surface area contributed by atoms with E-state index in [0.717, 1.165) is 22.2 Å². The van der Waals surface area contributed by atoms with Crippen molar-refractivity contribution in [3.05, 3.63) is 42.8 Å². The highest BCUT2D eigenvalue weighted by Crippen LogP contribution is 2.23. The number of nitrogens with zero attached hydrogens (tertiary/aromatic N) is 1. The van der Waals surface area contributed by atoms with Gasteiger partial charge in [0.2, 0.25) is 0 Å². The Hall–Kier alpha value is -2.03. The Morgan fingerprint density at radius 3 is 3.00 bits per heavy atom. The maximum absolute atomic E-state index is 5.26. The van der Waals surface area contributed by atoms with Crippen molar-refractivity contribution in [1.29, 1.82) is 0 Å². The number of rotatable bonds is 1. The lowest BCUT2D eigenvalue weighted by Gasteiger charge is -1.96. The molecule has 0 unspecified atom stereocenters. The first kappa shape index (κ1) is 7.38. The third kappa shape index (κ3) is 1.03. The molecule has 3 heteroatoms. The number of hydrogen-bond donors (Lipinski definition) is 1. The number of aromatic nitrogens is 2. The van der Waals surface area contributed by atoms with Crippen LogP contribution < -0.4 is 0 Å². The van der Waals surface area contributed by atoms with E-state index in [2.05, 4.69) is 16.3 Å². The van der Waals surface area contributed by atoms with Crippen molar-refractivity contribution in [2.45, 2.75) is 0 Å². The Labute approximate surface area is 80.4 Å². The summed E-state index contributed by atoms with van der Waals surface area (Å²) in [7, 11) is 0. The van der Waals surface area contributed by atoms with Gasteiger partial charge < -0.3 is 4.42 Å². The summed E-state index contributed by atoms with van der Waals surface area (Å²) in [6.07, 6.45) is 3.44. The van der Waals surface area contributed by atoms with Gasteiger partial charge in [-0.15, -0.1) is 0 Å². The van der Waals surface area contributed by atoms with Gasteiger partial charge in [-0.1, -0.05) is 0 Å². The molecule has 3 aromatic rings. The van der Waals surface area contributed by atoms with Crippen molar-refractivity contribution in [2.24, 2.45) is 0 Å². The molecule has 0 atom stereocenters. The minimum absolute atomic E-state index is 0.910. The molecule has 0 aliphatic heterocycles. The van der Waals surface area contributed by atoms with Crippen molar-refractivity contribution in [1.82, 2.24) is 10.2 Å². The minimum atomic E-state index is 0.910. The van der Waals surface area contributed by atoms with Crippen LogP contribution in [0.2, 0.25) is 0 Å². The van der Waals surface area contributed by atoms with Crippen molar-refractivity contribution in [3.8, 4) is 11.3 Å². The SMILES string of the molecule is c1cc(-c2ccc3occc3c2)[nH]n1. The molecule has 3 nitrogen and oxygen atoms in total. The lowest BCUT2D eigenvalue weighted by atomic mass is 10.1. The normalized spacial score (nSPS) is 10.9. The lowest BCUT2D eigenvalue weighted by molar-refractivity contribution is 0.616. The molecule has 0 fully saturated rings. The van der Waals surface area contributed by atoms with Crippen molar-refractivity contribution in [3.63, 3.8) is 0 Å². The fourth-order valence-corrected chi connectivity index (χ4v) is 1.55. The summed E-state index contributed by atoms with van der Waals surface area (Å²) in [6, 6.07) is 9.95. The summed E-state index contributed by atoms with van der Waals surface area (Å²) < 4.78 is 5.26. The summed E-state index contributed by atoms with van der Waals surface area (Å²) >= 11 is 0. The van der Waals surface area contributed by atoms with E-state index in [1.807, 2.05) is 24.3 Å². The van der Waals surface area contributed by atoms with Crippen LogP contribution in [-0.2, 0) is 0 Å². The molecule has 0 radical (unpaired) electrons. The molecular formula is C11H8N2O. The standard InChI is InChI=1S/C11H8N2O/c1-2-11-9(4-6-14-11)7-8(1)10-3-5-12-13-10/h1-7H,(H,12,13). The van der Waals surface area contributed by atoms with Gasteiger partial charge in [-0.05, 0) is 30.3 Å². The molecule has 0 saturated carbocycles. The number of fused-ring (bicyclic) bond motifs is 1. The summed E-state index contributed by atoms with van der Waals surface area (Å²) in [6.45, 7) is 0. The molecule has 1 aromatic carbocycles. The molecule has 0 saturated heterocycles. The van der Waals surface area contributed by atoms with Crippen LogP contribution >= 0.6 is 0 Å². The first-order valence-electron chi connectivity index (χ1n) is 4.40. The first-order valence-corrected chi connectivity index (χ1v) is 4.40. The van der Waals surface area contributed by atoms with Crippen LogP contribution in [0.3, 0.4) is 0 Å². The highest BCUT2D eigenvalue weighted by Gasteiger charge is 2.01. The largest absolute Gasteiger partial charge is 0.464 e. The van der Waals surface area contributed by atoms with Gasteiger partial charge in [-0.2, -0.15) is 5.10 Å². The molecule has 68 valence electrons. The van der Waals surface area contributed by atoms with E-state index >= 15 is 0 Å². The summed E-state index contributed by atoms with van der Waals surface area (Å²) in [4.78, 5) is 0. The Morgan fingerprint density at radius 2 is 2.14 bits per heavy atom. The van der Waals surface area contributed by atoms with Gasteiger partial charge in [0.15, 0.2) is 0 Å². The van der Waals surface area contributed by atoms with Crippen molar-refractivity contribution < 1.29 is 4.42 Å². The smallest absolute Gasteiger partial charge is 0.133 e. The van der Waals surface area contributed by atoms with Gasteiger partial charge in [-0.3, -0.25) is 5.10 Å². The average molecular weight is 184 g/mol. The van der Waals surface area contributed by atoms with Gasteiger partial charge in [-0.25, -0.2) is 0 Å². The molecule has 0 amide bonds. The minimum Gasteiger partial charge on any atom is -0.464 e. The van der Waals surface area contributed by atoms with E-state index in [0.29, 0.717) is 0 Å². The summed E-state index contributed by atoms with van der Waals surface area (Å²) in [5, 5.41) is 7.96. The molecule has 3 rings (SSSR count). The fraction of sp³-hybridized carbons (Fsp3) is 0. The summed E-state index contributed by atoms with van der Waals surface area (Å²) in [5.41, 5.74) is 3.05. The Morgan fingerprint density at radius 1 is 1.14 bits per heavy atom. The zero-order chi connectivity index (χ0) is 9.38. The topological polar surface area (TPSA) is 41.8 Å². The molecule has 0 bridgehead atoms. The van der Waals surface area contributed by atoms with Gasteiger partial charge in [0.05, 0.1) is 12.0 Å². The van der Waals surface area contributed by atoms with Crippen LogP contribution in [0.1, 0.15) is 0 Å². The van der Waals surface area contributed by atoms with E-state index in [9.17, 15) is 0 Å². The maximum atomic E-state index is 5.26. The van der Waals surface area contributed by atoms with Gasteiger partial charge in [0, 0.05) is 17.1 Å². The van der Waals surface area contributed by atoms with E-state index in [1.165, 1.54) is 0 Å². The Bertz CT molecular complexity index is 551. The van der Waals surface area contributed by atoms with Crippen LogP contribution in [0, 0.1) is 0 Å². The molecule has 0 spiro atoms. The number of nitrogens with one attached hydrogen (secondary N) is 1. The first-order chi connectivity index (χ1) is 6.93. The highest BCUT2D eigenvalue weighted by atomic mass is 16.3. The quantitative estimate of drug-likeness (QED) is 0.631. The second-order valence-electron chi connectivity index (χ2n) is 3.14. The van der Waals surface area contributed by atoms with Gasteiger partial charge in [0.25, 0.3) is 0 Å². The Kier molecular flexibility index (Phi) is 1.44. The number of aromatic amines is 1. The second-order valence-corrected chi connectivity index (χ2v) is 3.14. The van der Waals surface area contributed by atoms with Crippen molar-refractivity contribution in [2.75, 3.05) is 0 Å². The fourth-order valence-electron chi connectivity index (χ4n) is 1.55. The van der Waals surface area contributed by atoms with Crippen LogP contribution in [0.5, 0.6) is 0 Å². The van der Waals surface area contributed by atoms with E-state index in [-0.39, 0.29) is 0 Å². The number of furan rings is 1.